The van der Waals surface area contributed by atoms with E-state index >= 15 is 0 Å². The number of rotatable bonds is 7. The third kappa shape index (κ3) is 7.14. The van der Waals surface area contributed by atoms with Crippen LogP contribution in [0.3, 0.4) is 0 Å². The highest BCUT2D eigenvalue weighted by molar-refractivity contribution is 5.81. The van der Waals surface area contributed by atoms with Gasteiger partial charge in [-0.2, -0.15) is 4.98 Å². The Morgan fingerprint density at radius 2 is 1.73 bits per heavy atom. The molecule has 1 aromatic heterocycles. The van der Waals surface area contributed by atoms with E-state index in [4.69, 9.17) is 4.52 Å². The van der Waals surface area contributed by atoms with E-state index in [2.05, 4.69) is 39.2 Å². The summed E-state index contributed by atoms with van der Waals surface area (Å²) in [6.07, 6.45) is 5.18. The molecule has 0 atom stereocenters. The molecular weight excluding hydrogens is 380 g/mol. The third-order valence-electron chi connectivity index (χ3n) is 3.95. The van der Waals surface area contributed by atoms with Gasteiger partial charge >= 0.3 is 5.97 Å². The molecule has 0 saturated heterocycles. The molecule has 0 aliphatic heterocycles. The van der Waals surface area contributed by atoms with Crippen LogP contribution in [0.15, 0.2) is 71.8 Å². The second-order valence-corrected chi connectivity index (χ2v) is 6.28. The van der Waals surface area contributed by atoms with Crippen LogP contribution < -0.4 is 0 Å². The highest BCUT2D eigenvalue weighted by atomic mass is 16.6. The van der Waals surface area contributed by atoms with E-state index in [1.165, 1.54) is 5.56 Å². The van der Waals surface area contributed by atoms with Gasteiger partial charge in [-0.25, -0.2) is 4.79 Å². The number of allylic oxidation sites excluding steroid dienone is 1. The molecule has 0 aliphatic carbocycles. The monoisotopic (exact) mass is 406 g/mol. The first-order valence-electron chi connectivity index (χ1n) is 9.49. The van der Waals surface area contributed by atoms with Gasteiger partial charge in [0.1, 0.15) is 6.61 Å². The van der Waals surface area contributed by atoms with Crippen LogP contribution in [-0.4, -0.2) is 36.4 Å². The molecule has 30 heavy (non-hydrogen) atoms. The van der Waals surface area contributed by atoms with Crippen molar-refractivity contribution in [2.75, 3.05) is 20.3 Å². The number of benzene rings is 2. The summed E-state index contributed by atoms with van der Waals surface area (Å²) in [4.78, 5) is 14.8. The molecule has 0 amide bonds. The van der Waals surface area contributed by atoms with Crippen LogP contribution in [0.2, 0.25) is 0 Å². The molecule has 0 spiro atoms. The predicted molar refractivity (Wildman–Crippen MR) is 118 cm³/mol. The third-order valence-corrected chi connectivity index (χ3v) is 3.95. The number of hydrogen-bond donors (Lipinski definition) is 0. The van der Waals surface area contributed by atoms with E-state index < -0.39 is 5.97 Å². The summed E-state index contributed by atoms with van der Waals surface area (Å²) >= 11 is 0. The summed E-state index contributed by atoms with van der Waals surface area (Å²) in [5.74, 6) is 0.743. The first-order valence-corrected chi connectivity index (χ1v) is 9.49. The van der Waals surface area contributed by atoms with Gasteiger partial charge in [0, 0.05) is 24.3 Å². The lowest BCUT2D eigenvalue weighted by Crippen LogP contribution is -2.06. The lowest BCUT2D eigenvalue weighted by atomic mass is 10.1. The lowest BCUT2D eigenvalue weighted by Gasteiger charge is -1.98. The standard InChI is InChI=1S/C18H16N2O.C6H10O3/c1-3-4-14-7-11-16(12-8-14)18-19-17(20-21-18)15-9-5-13(2)6-10-15;1-3-6(7)9-5-4-8-2/h3-12H,1-2H3;3H,1,4-5H2,2H3/b4-3+;. The van der Waals surface area contributed by atoms with Gasteiger partial charge in [0.25, 0.3) is 5.89 Å². The molecule has 0 N–H and O–H groups in total. The van der Waals surface area contributed by atoms with Crippen LogP contribution in [0.25, 0.3) is 28.9 Å². The van der Waals surface area contributed by atoms with Gasteiger partial charge in [0.05, 0.1) is 6.61 Å². The first-order chi connectivity index (χ1) is 14.6. The molecular formula is C24H26N2O4. The second-order valence-electron chi connectivity index (χ2n) is 6.28. The van der Waals surface area contributed by atoms with E-state index in [0.717, 1.165) is 22.8 Å². The lowest BCUT2D eigenvalue weighted by molar-refractivity contribution is -0.138. The summed E-state index contributed by atoms with van der Waals surface area (Å²) in [7, 11) is 1.54. The number of methoxy groups -OCH3 is 1. The Morgan fingerprint density at radius 1 is 1.07 bits per heavy atom. The Hall–Kier alpha value is -3.51. The average Bonchev–Trinajstić information content (AvgIpc) is 3.26. The van der Waals surface area contributed by atoms with Gasteiger partial charge in [0.15, 0.2) is 0 Å². The summed E-state index contributed by atoms with van der Waals surface area (Å²) in [6.45, 7) is 8.00. The minimum Gasteiger partial charge on any atom is -0.460 e. The fourth-order valence-corrected chi connectivity index (χ4v) is 2.37. The normalized spacial score (nSPS) is 10.4. The zero-order valence-electron chi connectivity index (χ0n) is 17.5. The van der Waals surface area contributed by atoms with Gasteiger partial charge in [0.2, 0.25) is 5.82 Å². The molecule has 0 unspecified atom stereocenters. The molecule has 6 heteroatoms. The van der Waals surface area contributed by atoms with Crippen molar-refractivity contribution in [2.45, 2.75) is 13.8 Å². The molecule has 2 aromatic carbocycles. The summed E-state index contributed by atoms with van der Waals surface area (Å²) in [5.41, 5.74) is 4.25. The molecule has 0 bridgehead atoms. The topological polar surface area (TPSA) is 74.5 Å². The molecule has 156 valence electrons. The van der Waals surface area contributed by atoms with Crippen molar-refractivity contribution in [3.05, 3.63) is 78.4 Å². The SMILES string of the molecule is C/C=C/c1ccc(-c2nc(-c3ccc(C)cc3)no2)cc1.C=CC(=O)OCCOC. The van der Waals surface area contributed by atoms with Crippen LogP contribution in [0.1, 0.15) is 18.1 Å². The highest BCUT2D eigenvalue weighted by Gasteiger charge is 2.10. The number of hydrogen-bond acceptors (Lipinski definition) is 6. The van der Waals surface area contributed by atoms with E-state index in [-0.39, 0.29) is 0 Å². The maximum atomic E-state index is 10.3. The van der Waals surface area contributed by atoms with Crippen LogP contribution in [0, 0.1) is 6.92 Å². The quantitative estimate of drug-likeness (QED) is 0.308. The molecule has 1 heterocycles. The minimum absolute atomic E-state index is 0.293. The van der Waals surface area contributed by atoms with Gasteiger partial charge in [-0.1, -0.05) is 65.8 Å². The van der Waals surface area contributed by atoms with Crippen molar-refractivity contribution in [3.8, 4) is 22.8 Å². The Labute approximate surface area is 176 Å². The number of ether oxygens (including phenoxy) is 2. The Kier molecular flexibility index (Phi) is 9.21. The van der Waals surface area contributed by atoms with Crippen LogP contribution in [0.5, 0.6) is 0 Å². The maximum absolute atomic E-state index is 10.3. The fourth-order valence-electron chi connectivity index (χ4n) is 2.37. The van der Waals surface area contributed by atoms with E-state index in [0.29, 0.717) is 24.9 Å². The molecule has 0 saturated carbocycles. The molecule has 6 nitrogen and oxygen atoms in total. The average molecular weight is 406 g/mol. The van der Waals surface area contributed by atoms with Crippen molar-refractivity contribution < 1.29 is 18.8 Å². The molecule has 0 aliphatic rings. The van der Waals surface area contributed by atoms with Crippen molar-refractivity contribution in [3.63, 3.8) is 0 Å². The number of carbonyl (C=O) groups is 1. The number of esters is 1. The molecule has 0 fully saturated rings. The second kappa shape index (κ2) is 12.1. The molecule has 3 rings (SSSR count). The van der Waals surface area contributed by atoms with E-state index in [1.54, 1.807) is 7.11 Å². The minimum atomic E-state index is -0.410. The molecule has 3 aromatic rings. The van der Waals surface area contributed by atoms with E-state index in [1.807, 2.05) is 61.5 Å². The zero-order chi connectivity index (χ0) is 21.8. The number of nitrogens with zero attached hydrogens (tertiary/aromatic N) is 2. The Bertz CT molecular complexity index is 958. The molecule has 0 radical (unpaired) electrons. The van der Waals surface area contributed by atoms with Gasteiger partial charge in [-0.15, -0.1) is 0 Å². The number of aromatic nitrogens is 2. The Morgan fingerprint density at radius 3 is 2.33 bits per heavy atom. The van der Waals surface area contributed by atoms with Crippen LogP contribution in [0.4, 0.5) is 0 Å². The largest absolute Gasteiger partial charge is 0.460 e. The van der Waals surface area contributed by atoms with E-state index in [9.17, 15) is 4.79 Å². The predicted octanol–water partition coefficient (Wildman–Crippen LogP) is 5.11. The number of carbonyl (C=O) groups excluding carboxylic acids is 1. The highest BCUT2D eigenvalue weighted by Crippen LogP contribution is 2.23. The summed E-state index contributed by atoms with van der Waals surface area (Å²) < 4.78 is 14.5. The first kappa shape index (κ1) is 22.8. The van der Waals surface area contributed by atoms with Crippen LogP contribution >= 0.6 is 0 Å². The van der Waals surface area contributed by atoms with Crippen LogP contribution in [-0.2, 0) is 14.3 Å². The van der Waals surface area contributed by atoms with Gasteiger partial charge in [-0.3, -0.25) is 0 Å². The van der Waals surface area contributed by atoms with Crippen molar-refractivity contribution in [1.29, 1.82) is 0 Å². The van der Waals surface area contributed by atoms with Crippen molar-refractivity contribution >= 4 is 12.0 Å². The Balaban J connectivity index is 0.000000303. The van der Waals surface area contributed by atoms with Crippen molar-refractivity contribution in [1.82, 2.24) is 10.1 Å². The smallest absolute Gasteiger partial charge is 0.330 e. The van der Waals surface area contributed by atoms with Gasteiger partial charge in [-0.05, 0) is 31.5 Å². The maximum Gasteiger partial charge on any atom is 0.330 e. The van der Waals surface area contributed by atoms with Gasteiger partial charge < -0.3 is 14.0 Å². The summed E-state index contributed by atoms with van der Waals surface area (Å²) in [6, 6.07) is 16.1. The fraction of sp³-hybridized carbons (Fsp3) is 0.208. The zero-order valence-corrected chi connectivity index (χ0v) is 17.5. The summed E-state index contributed by atoms with van der Waals surface area (Å²) in [5, 5.41) is 4.05. The number of aryl methyl sites for hydroxylation is 1. The van der Waals surface area contributed by atoms with Crippen molar-refractivity contribution in [2.24, 2.45) is 0 Å².